The van der Waals surface area contributed by atoms with Gasteiger partial charge in [-0.25, -0.2) is 4.98 Å². The number of ether oxygens (including phenoxy) is 1. The molecule has 0 fully saturated rings. The molecule has 0 radical (unpaired) electrons. The molecule has 5 nitrogen and oxygen atoms in total. The zero-order valence-corrected chi connectivity index (χ0v) is 14.7. The van der Waals surface area contributed by atoms with Crippen LogP contribution in [0.1, 0.15) is 23.7 Å². The number of phenolic OH excluding ortho intramolecular Hbond substituents is 1. The van der Waals surface area contributed by atoms with Gasteiger partial charge in [-0.1, -0.05) is 24.8 Å². The van der Waals surface area contributed by atoms with Crippen molar-refractivity contribution < 1.29 is 9.84 Å². The summed E-state index contributed by atoms with van der Waals surface area (Å²) < 4.78 is 5.22. The third-order valence-electron chi connectivity index (χ3n) is 3.97. The Morgan fingerprint density at radius 2 is 1.96 bits per heavy atom. The number of methoxy groups -OCH3 is 1. The monoisotopic (exact) mass is 345 g/mol. The molecule has 0 aliphatic carbocycles. The largest absolute Gasteiger partial charge is 0.504 e. The number of rotatable bonds is 3. The molecule has 26 heavy (non-hydrogen) atoms. The molecule has 0 aliphatic rings. The summed E-state index contributed by atoms with van der Waals surface area (Å²) in [6.07, 6.45) is 4.17. The number of phenols is 1. The van der Waals surface area contributed by atoms with E-state index in [1.54, 1.807) is 30.6 Å². The highest BCUT2D eigenvalue weighted by Crippen LogP contribution is 2.33. The highest BCUT2D eigenvalue weighted by molar-refractivity contribution is 5.74. The van der Waals surface area contributed by atoms with Crippen molar-refractivity contribution in [3.05, 3.63) is 65.6 Å². The first-order valence-corrected chi connectivity index (χ1v) is 8.21. The quantitative estimate of drug-likeness (QED) is 0.711. The van der Waals surface area contributed by atoms with Crippen molar-refractivity contribution in [1.29, 1.82) is 0 Å². The normalized spacial score (nSPS) is 10.1. The number of nitrogen functional groups attached to an aromatic ring is 1. The number of hydrogen-bond acceptors (Lipinski definition) is 5. The number of hydrogen-bond donors (Lipinski definition) is 2. The van der Waals surface area contributed by atoms with Crippen molar-refractivity contribution in [3.8, 4) is 34.5 Å². The van der Waals surface area contributed by atoms with Gasteiger partial charge in [0.15, 0.2) is 11.5 Å². The third kappa shape index (κ3) is 3.60. The van der Waals surface area contributed by atoms with Crippen molar-refractivity contribution in [1.82, 2.24) is 9.97 Å². The van der Waals surface area contributed by atoms with Gasteiger partial charge in [-0.2, -0.15) is 0 Å². The Morgan fingerprint density at radius 1 is 1.12 bits per heavy atom. The lowest BCUT2D eigenvalue weighted by Crippen LogP contribution is -1.96. The van der Waals surface area contributed by atoms with Crippen molar-refractivity contribution >= 4 is 5.82 Å². The van der Waals surface area contributed by atoms with E-state index in [4.69, 9.17) is 10.5 Å². The molecule has 3 N–H and O–H groups in total. The highest BCUT2D eigenvalue weighted by atomic mass is 16.5. The highest BCUT2D eigenvalue weighted by Gasteiger charge is 2.11. The van der Waals surface area contributed by atoms with Crippen LogP contribution < -0.4 is 10.5 Å². The van der Waals surface area contributed by atoms with E-state index in [0.29, 0.717) is 11.6 Å². The Morgan fingerprint density at radius 3 is 2.65 bits per heavy atom. The summed E-state index contributed by atoms with van der Waals surface area (Å²) in [4.78, 5) is 8.51. The van der Waals surface area contributed by atoms with Gasteiger partial charge in [0.05, 0.1) is 18.4 Å². The molecule has 3 aromatic rings. The molecule has 0 unspecified atom stereocenters. The second-order valence-corrected chi connectivity index (χ2v) is 5.64. The van der Waals surface area contributed by atoms with Gasteiger partial charge in [-0.15, -0.1) is 0 Å². The van der Waals surface area contributed by atoms with Crippen molar-refractivity contribution in [2.75, 3.05) is 12.8 Å². The summed E-state index contributed by atoms with van der Waals surface area (Å²) in [5, 5.41) is 9.84. The van der Waals surface area contributed by atoms with Crippen molar-refractivity contribution in [2.24, 2.45) is 0 Å². The maximum atomic E-state index is 9.84. The minimum Gasteiger partial charge on any atom is -0.504 e. The number of anilines is 1. The minimum absolute atomic E-state index is 0.0987. The summed E-state index contributed by atoms with van der Waals surface area (Å²) in [5.74, 6) is 7.32. The third-order valence-corrected chi connectivity index (χ3v) is 3.97. The number of aromatic hydroxyl groups is 1. The Labute approximate surface area is 152 Å². The average molecular weight is 345 g/mol. The fourth-order valence-corrected chi connectivity index (χ4v) is 2.61. The van der Waals surface area contributed by atoms with Gasteiger partial charge in [-0.05, 0) is 42.3 Å². The maximum Gasteiger partial charge on any atom is 0.161 e. The molecule has 0 saturated heterocycles. The molecule has 0 spiro atoms. The Hall–Kier alpha value is -3.52. The zero-order valence-electron chi connectivity index (χ0n) is 14.7. The van der Waals surface area contributed by atoms with Crippen LogP contribution >= 0.6 is 0 Å². The van der Waals surface area contributed by atoms with Crippen LogP contribution in [-0.4, -0.2) is 22.2 Å². The van der Waals surface area contributed by atoms with Crippen LogP contribution in [0.3, 0.4) is 0 Å². The lowest BCUT2D eigenvalue weighted by molar-refractivity contribution is 0.373. The standard InChI is InChI=1S/C21H19N3O2/c1-3-18-17(7-4-14-5-9-21(22)24-13-14)16(10-11-23-18)15-6-8-19(25)20(12-15)26-2/h5-6,8-13,25H,3H2,1-2H3,(H2,22,24). The van der Waals surface area contributed by atoms with E-state index in [0.717, 1.165) is 34.4 Å². The molecule has 1 aromatic carbocycles. The van der Waals surface area contributed by atoms with Crippen LogP contribution in [0.25, 0.3) is 11.1 Å². The minimum atomic E-state index is 0.0987. The fraction of sp³-hybridized carbons (Fsp3) is 0.143. The van der Waals surface area contributed by atoms with Gasteiger partial charge in [-0.3, -0.25) is 4.98 Å². The van der Waals surface area contributed by atoms with Crippen molar-refractivity contribution in [2.45, 2.75) is 13.3 Å². The van der Waals surface area contributed by atoms with Gasteiger partial charge >= 0.3 is 0 Å². The van der Waals surface area contributed by atoms with Crippen molar-refractivity contribution in [3.63, 3.8) is 0 Å². The molecule has 2 heterocycles. The smallest absolute Gasteiger partial charge is 0.161 e. The summed E-state index contributed by atoms with van der Waals surface area (Å²) in [6.45, 7) is 2.04. The second-order valence-electron chi connectivity index (χ2n) is 5.64. The molecule has 5 heteroatoms. The molecule has 0 aliphatic heterocycles. The van der Waals surface area contributed by atoms with Gasteiger partial charge in [0.1, 0.15) is 5.82 Å². The lowest BCUT2D eigenvalue weighted by Gasteiger charge is -2.11. The molecule has 2 aromatic heterocycles. The first kappa shape index (κ1) is 17.3. The Bertz CT molecular complexity index is 986. The SMILES string of the molecule is CCc1nccc(-c2ccc(O)c(OC)c2)c1C#Cc1ccc(N)nc1. The number of pyridine rings is 2. The summed E-state index contributed by atoms with van der Waals surface area (Å²) in [5.41, 5.74) is 9.99. The molecule has 0 saturated carbocycles. The van der Waals surface area contributed by atoms with Gasteiger partial charge in [0, 0.05) is 23.5 Å². The van der Waals surface area contributed by atoms with Crippen LogP contribution in [0, 0.1) is 11.8 Å². The Kier molecular flexibility index (Phi) is 5.04. The van der Waals surface area contributed by atoms with Gasteiger partial charge < -0.3 is 15.6 Å². The number of nitrogens with two attached hydrogens (primary N) is 1. The summed E-state index contributed by atoms with van der Waals surface area (Å²) in [7, 11) is 1.53. The average Bonchev–Trinajstić information content (AvgIpc) is 2.67. The van der Waals surface area contributed by atoms with E-state index in [1.807, 2.05) is 25.1 Å². The topological polar surface area (TPSA) is 81.3 Å². The first-order valence-electron chi connectivity index (χ1n) is 8.21. The first-order chi connectivity index (χ1) is 12.6. The fourth-order valence-electron chi connectivity index (χ4n) is 2.61. The molecule has 0 amide bonds. The van der Waals surface area contributed by atoms with Gasteiger partial charge in [0.25, 0.3) is 0 Å². The molecular weight excluding hydrogens is 326 g/mol. The summed E-state index contributed by atoms with van der Waals surface area (Å²) in [6, 6.07) is 10.7. The number of aryl methyl sites for hydroxylation is 1. The maximum absolute atomic E-state index is 9.84. The predicted molar refractivity (Wildman–Crippen MR) is 102 cm³/mol. The van der Waals surface area contributed by atoms with Crippen LogP contribution in [0.5, 0.6) is 11.5 Å². The van der Waals surface area contributed by atoms with Crippen LogP contribution in [-0.2, 0) is 6.42 Å². The van der Waals surface area contributed by atoms with E-state index >= 15 is 0 Å². The van der Waals surface area contributed by atoms with Crippen LogP contribution in [0.2, 0.25) is 0 Å². The summed E-state index contributed by atoms with van der Waals surface area (Å²) >= 11 is 0. The lowest BCUT2D eigenvalue weighted by atomic mass is 9.97. The number of benzene rings is 1. The molecule has 130 valence electrons. The number of nitrogens with zero attached hydrogens (tertiary/aromatic N) is 2. The molecule has 3 rings (SSSR count). The van der Waals surface area contributed by atoms with Crippen LogP contribution in [0.4, 0.5) is 5.82 Å². The number of aromatic nitrogens is 2. The molecule has 0 bridgehead atoms. The molecule has 0 atom stereocenters. The predicted octanol–water partition coefficient (Wildman–Crippen LogP) is 3.40. The molecular formula is C21H19N3O2. The van der Waals surface area contributed by atoms with E-state index in [9.17, 15) is 5.11 Å². The van der Waals surface area contributed by atoms with E-state index in [1.165, 1.54) is 7.11 Å². The van der Waals surface area contributed by atoms with Crippen LogP contribution in [0.15, 0.2) is 48.8 Å². The zero-order chi connectivity index (χ0) is 18.5. The Balaban J connectivity index is 2.12. The van der Waals surface area contributed by atoms with E-state index in [2.05, 4.69) is 21.8 Å². The van der Waals surface area contributed by atoms with Gasteiger partial charge in [0.2, 0.25) is 0 Å². The van der Waals surface area contributed by atoms with E-state index in [-0.39, 0.29) is 5.75 Å². The van der Waals surface area contributed by atoms with E-state index < -0.39 is 0 Å². The second kappa shape index (κ2) is 7.58.